The molecule has 1 aromatic heterocycles. The van der Waals surface area contributed by atoms with Gasteiger partial charge < -0.3 is 15.2 Å². The van der Waals surface area contributed by atoms with Crippen LogP contribution >= 0.6 is 24.8 Å². The number of amides is 1. The van der Waals surface area contributed by atoms with Gasteiger partial charge in [0.25, 0.3) is 0 Å². The predicted molar refractivity (Wildman–Crippen MR) is 108 cm³/mol. The van der Waals surface area contributed by atoms with E-state index in [0.29, 0.717) is 31.3 Å². The molecule has 0 spiro atoms. The van der Waals surface area contributed by atoms with Crippen molar-refractivity contribution in [3.63, 3.8) is 0 Å². The van der Waals surface area contributed by atoms with Crippen LogP contribution in [0.2, 0.25) is 0 Å². The third kappa shape index (κ3) is 5.42. The van der Waals surface area contributed by atoms with Gasteiger partial charge in [0.05, 0.1) is 6.54 Å². The molecule has 1 aromatic carbocycles. The van der Waals surface area contributed by atoms with Gasteiger partial charge >= 0.3 is 0 Å². The van der Waals surface area contributed by atoms with Crippen LogP contribution in [0.25, 0.3) is 0 Å². The minimum atomic E-state index is -1.01. The van der Waals surface area contributed by atoms with Crippen molar-refractivity contribution in [2.75, 3.05) is 26.2 Å². The van der Waals surface area contributed by atoms with Crippen LogP contribution in [0.4, 0.5) is 0 Å². The Labute approximate surface area is 172 Å². The fourth-order valence-corrected chi connectivity index (χ4v) is 3.04. The van der Waals surface area contributed by atoms with Crippen molar-refractivity contribution in [1.82, 2.24) is 19.9 Å². The van der Waals surface area contributed by atoms with E-state index in [1.54, 1.807) is 6.92 Å². The molecule has 3 rings (SSSR count). The number of hydrogen-bond acceptors (Lipinski definition) is 6. The Morgan fingerprint density at radius 2 is 1.81 bits per heavy atom. The highest BCUT2D eigenvalue weighted by atomic mass is 35.5. The Balaban J connectivity index is 0.00000182. The Kier molecular flexibility index (Phi) is 8.68. The molecule has 2 N–H and O–H groups in total. The van der Waals surface area contributed by atoms with Gasteiger partial charge in [-0.3, -0.25) is 9.69 Å². The Bertz CT molecular complexity index is 716. The SMILES string of the molecule is CCc1nc(CN2CCN(C(=O)C(C)(N)c3ccccc3)CC2)no1.Cl.Cl. The molecular formula is C18H27Cl2N5O2. The van der Waals surface area contributed by atoms with Crippen molar-refractivity contribution in [2.24, 2.45) is 5.73 Å². The molecule has 0 bridgehead atoms. The normalized spacial score (nSPS) is 16.8. The third-order valence-corrected chi connectivity index (χ3v) is 4.65. The topological polar surface area (TPSA) is 88.5 Å². The summed E-state index contributed by atoms with van der Waals surface area (Å²) >= 11 is 0. The number of hydrogen-bond donors (Lipinski definition) is 1. The fourth-order valence-electron chi connectivity index (χ4n) is 3.04. The van der Waals surface area contributed by atoms with Crippen LogP contribution in [0.15, 0.2) is 34.9 Å². The minimum absolute atomic E-state index is 0. The molecule has 27 heavy (non-hydrogen) atoms. The highest BCUT2D eigenvalue weighted by Gasteiger charge is 2.35. The lowest BCUT2D eigenvalue weighted by molar-refractivity contribution is -0.138. The maximum absolute atomic E-state index is 12.9. The van der Waals surface area contributed by atoms with Gasteiger partial charge in [0.2, 0.25) is 11.8 Å². The molecule has 0 aliphatic carbocycles. The van der Waals surface area contributed by atoms with Crippen molar-refractivity contribution < 1.29 is 9.32 Å². The summed E-state index contributed by atoms with van der Waals surface area (Å²) in [6, 6.07) is 9.53. The first-order valence-corrected chi connectivity index (χ1v) is 8.68. The lowest BCUT2D eigenvalue weighted by atomic mass is 9.91. The van der Waals surface area contributed by atoms with E-state index < -0.39 is 5.54 Å². The summed E-state index contributed by atoms with van der Waals surface area (Å²) < 4.78 is 5.14. The van der Waals surface area contributed by atoms with E-state index in [4.69, 9.17) is 10.3 Å². The second-order valence-electron chi connectivity index (χ2n) is 6.59. The zero-order chi connectivity index (χ0) is 17.9. The van der Waals surface area contributed by atoms with Gasteiger partial charge in [-0.15, -0.1) is 24.8 Å². The zero-order valence-electron chi connectivity index (χ0n) is 15.6. The van der Waals surface area contributed by atoms with Crippen LogP contribution in [-0.2, 0) is 23.3 Å². The molecule has 1 unspecified atom stereocenters. The van der Waals surface area contributed by atoms with Crippen molar-refractivity contribution in [3.05, 3.63) is 47.6 Å². The first-order valence-electron chi connectivity index (χ1n) is 8.68. The third-order valence-electron chi connectivity index (χ3n) is 4.65. The van der Waals surface area contributed by atoms with Crippen LogP contribution in [0, 0.1) is 0 Å². The van der Waals surface area contributed by atoms with E-state index in [0.717, 1.165) is 25.1 Å². The van der Waals surface area contributed by atoms with E-state index in [1.807, 2.05) is 42.2 Å². The van der Waals surface area contributed by atoms with Crippen molar-refractivity contribution in [1.29, 1.82) is 0 Å². The summed E-state index contributed by atoms with van der Waals surface area (Å²) in [6.07, 6.45) is 0.740. The number of piperazine rings is 1. The number of halogens is 2. The summed E-state index contributed by atoms with van der Waals surface area (Å²) in [4.78, 5) is 21.3. The number of aromatic nitrogens is 2. The second kappa shape index (κ2) is 10.0. The summed E-state index contributed by atoms with van der Waals surface area (Å²) in [7, 11) is 0. The highest BCUT2D eigenvalue weighted by molar-refractivity contribution is 5.87. The maximum Gasteiger partial charge on any atom is 0.247 e. The monoisotopic (exact) mass is 415 g/mol. The number of nitrogens with two attached hydrogens (primary N) is 1. The van der Waals surface area contributed by atoms with Gasteiger partial charge in [-0.1, -0.05) is 42.4 Å². The summed E-state index contributed by atoms with van der Waals surface area (Å²) in [5.41, 5.74) is 6.18. The molecule has 2 aromatic rings. The number of nitrogens with zero attached hydrogens (tertiary/aromatic N) is 4. The number of rotatable bonds is 5. The van der Waals surface area contributed by atoms with Gasteiger partial charge in [-0.25, -0.2) is 0 Å². The molecular weight excluding hydrogens is 389 g/mol. The summed E-state index contributed by atoms with van der Waals surface area (Å²) in [5.74, 6) is 1.32. The largest absolute Gasteiger partial charge is 0.339 e. The van der Waals surface area contributed by atoms with Crippen LogP contribution in [0.5, 0.6) is 0 Å². The van der Waals surface area contributed by atoms with E-state index >= 15 is 0 Å². The molecule has 1 fully saturated rings. The lowest BCUT2D eigenvalue weighted by Crippen LogP contribution is -2.56. The Morgan fingerprint density at radius 3 is 2.37 bits per heavy atom. The maximum atomic E-state index is 12.9. The zero-order valence-corrected chi connectivity index (χ0v) is 17.3. The number of benzene rings is 1. The van der Waals surface area contributed by atoms with Gasteiger partial charge in [0.1, 0.15) is 5.54 Å². The van der Waals surface area contributed by atoms with Crippen LogP contribution < -0.4 is 5.73 Å². The molecule has 7 nitrogen and oxygen atoms in total. The van der Waals surface area contributed by atoms with E-state index in [9.17, 15) is 4.79 Å². The molecule has 1 amide bonds. The Morgan fingerprint density at radius 1 is 1.19 bits per heavy atom. The molecule has 9 heteroatoms. The average molecular weight is 416 g/mol. The molecule has 2 heterocycles. The van der Waals surface area contributed by atoms with Crippen molar-refractivity contribution >= 4 is 30.7 Å². The average Bonchev–Trinajstić information content (AvgIpc) is 3.10. The minimum Gasteiger partial charge on any atom is -0.339 e. The van der Waals surface area contributed by atoms with E-state index in [1.165, 1.54) is 0 Å². The van der Waals surface area contributed by atoms with Gasteiger partial charge in [-0.05, 0) is 12.5 Å². The quantitative estimate of drug-likeness (QED) is 0.802. The highest BCUT2D eigenvalue weighted by Crippen LogP contribution is 2.21. The van der Waals surface area contributed by atoms with Crippen LogP contribution in [-0.4, -0.2) is 52.0 Å². The molecule has 150 valence electrons. The summed E-state index contributed by atoms with van der Waals surface area (Å²) in [5, 5.41) is 3.99. The number of aryl methyl sites for hydroxylation is 1. The van der Waals surface area contributed by atoms with E-state index in [2.05, 4.69) is 15.0 Å². The van der Waals surface area contributed by atoms with Gasteiger partial charge in [-0.2, -0.15) is 4.98 Å². The second-order valence-corrected chi connectivity index (χ2v) is 6.59. The smallest absolute Gasteiger partial charge is 0.247 e. The molecule has 1 atom stereocenters. The molecule has 0 radical (unpaired) electrons. The first-order chi connectivity index (χ1) is 12.0. The van der Waals surface area contributed by atoms with Crippen molar-refractivity contribution in [2.45, 2.75) is 32.4 Å². The molecule has 1 aliphatic heterocycles. The van der Waals surface area contributed by atoms with Crippen molar-refractivity contribution in [3.8, 4) is 0 Å². The summed E-state index contributed by atoms with van der Waals surface area (Å²) in [6.45, 7) is 7.25. The number of carbonyl (C=O) groups excluding carboxylic acids is 1. The molecule has 1 saturated heterocycles. The Hall–Kier alpha value is -1.67. The van der Waals surface area contributed by atoms with Gasteiger partial charge in [0, 0.05) is 32.6 Å². The predicted octanol–water partition coefficient (Wildman–Crippen LogP) is 1.99. The molecule has 1 aliphatic rings. The lowest BCUT2D eigenvalue weighted by Gasteiger charge is -2.38. The fraction of sp³-hybridized carbons (Fsp3) is 0.500. The van der Waals surface area contributed by atoms with Gasteiger partial charge in [0.15, 0.2) is 5.82 Å². The van der Waals surface area contributed by atoms with Crippen LogP contribution in [0.1, 0.15) is 31.1 Å². The van der Waals surface area contributed by atoms with E-state index in [-0.39, 0.29) is 30.7 Å². The first kappa shape index (κ1) is 23.4. The van der Waals surface area contributed by atoms with Crippen LogP contribution in [0.3, 0.4) is 0 Å². The standard InChI is InChI=1S/C18H25N5O2.2ClH/c1-3-16-20-15(21-25-16)13-22-9-11-23(12-10-22)17(24)18(2,19)14-7-5-4-6-8-14;;/h4-8H,3,9-13,19H2,1-2H3;2*1H. The molecule has 0 saturated carbocycles. The number of carbonyl (C=O) groups is 1.